The van der Waals surface area contributed by atoms with Crippen molar-refractivity contribution >= 4 is 11.6 Å². The summed E-state index contributed by atoms with van der Waals surface area (Å²) in [7, 11) is 1.99. The Balaban J connectivity index is 1.70. The van der Waals surface area contributed by atoms with Crippen molar-refractivity contribution in [3.8, 4) is 5.75 Å². The van der Waals surface area contributed by atoms with Crippen LogP contribution in [0.15, 0.2) is 48.5 Å². The lowest BCUT2D eigenvalue weighted by molar-refractivity contribution is 0.143. The molecule has 0 aliphatic carbocycles. The molecule has 2 unspecified atom stereocenters. The summed E-state index contributed by atoms with van der Waals surface area (Å²) in [6.45, 7) is 0. The number of hydrogen-bond donors (Lipinski definition) is 1. The van der Waals surface area contributed by atoms with Gasteiger partial charge in [0.2, 0.25) is 0 Å². The number of aryl methyl sites for hydroxylation is 1. The van der Waals surface area contributed by atoms with Gasteiger partial charge in [-0.1, -0.05) is 41.9 Å². The minimum absolute atomic E-state index is 0.247. The van der Waals surface area contributed by atoms with Crippen LogP contribution in [0, 0.1) is 0 Å². The molecule has 1 N–H and O–H groups in total. The van der Waals surface area contributed by atoms with E-state index in [1.165, 1.54) is 11.1 Å². The van der Waals surface area contributed by atoms with Crippen molar-refractivity contribution in [3.63, 3.8) is 0 Å². The second-order valence-corrected chi connectivity index (χ2v) is 5.96. The molecule has 1 aliphatic heterocycles. The first-order chi connectivity index (χ1) is 10.3. The van der Waals surface area contributed by atoms with Crippen molar-refractivity contribution in [1.29, 1.82) is 0 Å². The van der Waals surface area contributed by atoms with Gasteiger partial charge in [-0.15, -0.1) is 0 Å². The van der Waals surface area contributed by atoms with Crippen LogP contribution in [-0.4, -0.2) is 13.2 Å². The van der Waals surface area contributed by atoms with Crippen molar-refractivity contribution in [3.05, 3.63) is 64.7 Å². The van der Waals surface area contributed by atoms with Crippen LogP contribution < -0.4 is 10.1 Å². The summed E-state index contributed by atoms with van der Waals surface area (Å²) in [5.41, 5.74) is 2.53. The topological polar surface area (TPSA) is 21.3 Å². The van der Waals surface area contributed by atoms with Crippen LogP contribution >= 0.6 is 11.6 Å². The van der Waals surface area contributed by atoms with Gasteiger partial charge in [0.05, 0.1) is 0 Å². The highest BCUT2D eigenvalue weighted by molar-refractivity contribution is 6.30. The molecule has 2 aromatic rings. The molecule has 0 fully saturated rings. The third-order valence-electron chi connectivity index (χ3n) is 4.09. The van der Waals surface area contributed by atoms with Gasteiger partial charge in [0.15, 0.2) is 0 Å². The van der Waals surface area contributed by atoms with Gasteiger partial charge >= 0.3 is 0 Å². The average molecular weight is 302 g/mol. The van der Waals surface area contributed by atoms with Crippen molar-refractivity contribution < 1.29 is 4.74 Å². The fourth-order valence-corrected chi connectivity index (χ4v) is 3.12. The first-order valence-electron chi connectivity index (χ1n) is 7.43. The monoisotopic (exact) mass is 301 g/mol. The highest BCUT2D eigenvalue weighted by Crippen LogP contribution is 2.37. The summed E-state index contributed by atoms with van der Waals surface area (Å²) in [4.78, 5) is 0. The third-order valence-corrected chi connectivity index (χ3v) is 4.32. The summed E-state index contributed by atoms with van der Waals surface area (Å²) >= 11 is 6.09. The second-order valence-electron chi connectivity index (χ2n) is 5.52. The zero-order valence-corrected chi connectivity index (χ0v) is 12.9. The van der Waals surface area contributed by atoms with Crippen LogP contribution in [0.4, 0.5) is 0 Å². The van der Waals surface area contributed by atoms with Gasteiger partial charge < -0.3 is 10.1 Å². The minimum atomic E-state index is 0.247. The molecule has 21 heavy (non-hydrogen) atoms. The molecule has 0 spiro atoms. The lowest BCUT2D eigenvalue weighted by Gasteiger charge is -2.32. The predicted octanol–water partition coefficient (Wildman–Crippen LogP) is 4.38. The van der Waals surface area contributed by atoms with Gasteiger partial charge in [-0.3, -0.25) is 0 Å². The van der Waals surface area contributed by atoms with E-state index in [4.69, 9.17) is 16.3 Å². The Labute approximate surface area is 131 Å². The Kier molecular flexibility index (Phi) is 4.47. The molecule has 1 heterocycles. The molecule has 0 saturated carbocycles. The number of nitrogens with one attached hydrogen (secondary N) is 1. The molecule has 1 aliphatic rings. The van der Waals surface area contributed by atoms with Gasteiger partial charge in [0, 0.05) is 23.0 Å². The summed E-state index contributed by atoms with van der Waals surface area (Å²) in [6, 6.07) is 16.8. The Bertz CT molecular complexity index is 599. The average Bonchev–Trinajstić information content (AvgIpc) is 2.53. The standard InChI is InChI=1S/C18H20ClNO/c1-20-17-12-15(9-7-13-5-3-2-4-6-13)21-18-10-8-14(19)11-16(17)18/h2-6,8,10-11,15,17,20H,7,9,12H2,1H3. The normalized spacial score (nSPS) is 20.7. The molecular formula is C18H20ClNO. The van der Waals surface area contributed by atoms with Gasteiger partial charge in [0.25, 0.3) is 0 Å². The highest BCUT2D eigenvalue weighted by atomic mass is 35.5. The molecule has 0 amide bonds. The van der Waals surface area contributed by atoms with Crippen LogP contribution in [0.25, 0.3) is 0 Å². The molecule has 3 heteroatoms. The van der Waals surface area contributed by atoms with Crippen molar-refractivity contribution in [2.45, 2.75) is 31.4 Å². The first-order valence-corrected chi connectivity index (χ1v) is 7.81. The van der Waals surface area contributed by atoms with E-state index >= 15 is 0 Å². The number of fused-ring (bicyclic) bond motifs is 1. The Hall–Kier alpha value is -1.51. The quantitative estimate of drug-likeness (QED) is 0.904. The summed E-state index contributed by atoms with van der Waals surface area (Å²) < 4.78 is 6.14. The third kappa shape index (κ3) is 3.39. The molecule has 2 aromatic carbocycles. The van der Waals surface area contributed by atoms with E-state index in [-0.39, 0.29) is 6.10 Å². The number of benzene rings is 2. The predicted molar refractivity (Wildman–Crippen MR) is 87.0 cm³/mol. The van der Waals surface area contributed by atoms with E-state index in [9.17, 15) is 0 Å². The second kappa shape index (κ2) is 6.50. The molecule has 0 saturated heterocycles. The number of ether oxygens (including phenoxy) is 1. The zero-order chi connectivity index (χ0) is 14.7. The fourth-order valence-electron chi connectivity index (χ4n) is 2.94. The van der Waals surface area contributed by atoms with Crippen molar-refractivity contribution in [2.24, 2.45) is 0 Å². The van der Waals surface area contributed by atoms with E-state index in [1.807, 2.05) is 25.2 Å². The van der Waals surface area contributed by atoms with E-state index < -0.39 is 0 Å². The highest BCUT2D eigenvalue weighted by Gasteiger charge is 2.27. The summed E-state index contributed by atoms with van der Waals surface area (Å²) in [5, 5.41) is 4.14. The fraction of sp³-hybridized carbons (Fsp3) is 0.333. The Morgan fingerprint density at radius 3 is 2.76 bits per heavy atom. The maximum Gasteiger partial charge on any atom is 0.124 e. The van der Waals surface area contributed by atoms with E-state index in [2.05, 4.69) is 35.6 Å². The first kappa shape index (κ1) is 14.4. The van der Waals surface area contributed by atoms with Crippen LogP contribution in [0.1, 0.15) is 30.0 Å². The largest absolute Gasteiger partial charge is 0.490 e. The molecule has 2 nitrogen and oxygen atoms in total. The van der Waals surface area contributed by atoms with E-state index in [0.29, 0.717) is 6.04 Å². The molecular weight excluding hydrogens is 282 g/mol. The maximum atomic E-state index is 6.14. The molecule has 3 rings (SSSR count). The zero-order valence-electron chi connectivity index (χ0n) is 12.2. The van der Waals surface area contributed by atoms with Gasteiger partial charge in [-0.2, -0.15) is 0 Å². The van der Waals surface area contributed by atoms with Crippen molar-refractivity contribution in [2.75, 3.05) is 7.05 Å². The van der Waals surface area contributed by atoms with Gasteiger partial charge in [-0.05, 0) is 43.7 Å². The summed E-state index contributed by atoms with van der Waals surface area (Å²) in [5.74, 6) is 0.961. The van der Waals surface area contributed by atoms with Crippen LogP contribution in [-0.2, 0) is 6.42 Å². The van der Waals surface area contributed by atoms with Gasteiger partial charge in [0.1, 0.15) is 11.9 Å². The van der Waals surface area contributed by atoms with Crippen LogP contribution in [0.3, 0.4) is 0 Å². The number of hydrogen-bond acceptors (Lipinski definition) is 2. The SMILES string of the molecule is CNC1CC(CCc2ccccc2)Oc2ccc(Cl)cc21. The smallest absolute Gasteiger partial charge is 0.124 e. The molecule has 2 atom stereocenters. The Morgan fingerprint density at radius 2 is 2.00 bits per heavy atom. The lowest BCUT2D eigenvalue weighted by atomic mass is 9.93. The molecule has 110 valence electrons. The lowest BCUT2D eigenvalue weighted by Crippen LogP contribution is -2.31. The number of halogens is 1. The van der Waals surface area contributed by atoms with Crippen LogP contribution in [0.5, 0.6) is 5.75 Å². The van der Waals surface area contributed by atoms with Gasteiger partial charge in [-0.25, -0.2) is 0 Å². The summed E-state index contributed by atoms with van der Waals surface area (Å²) in [6.07, 6.45) is 3.31. The van der Waals surface area contributed by atoms with E-state index in [0.717, 1.165) is 30.0 Å². The van der Waals surface area contributed by atoms with E-state index in [1.54, 1.807) is 0 Å². The molecule has 0 aromatic heterocycles. The molecule has 0 radical (unpaired) electrons. The number of rotatable bonds is 4. The van der Waals surface area contributed by atoms with Crippen molar-refractivity contribution in [1.82, 2.24) is 5.32 Å². The minimum Gasteiger partial charge on any atom is -0.490 e. The Morgan fingerprint density at radius 1 is 1.19 bits per heavy atom. The van der Waals surface area contributed by atoms with Crippen LogP contribution in [0.2, 0.25) is 5.02 Å². The molecule has 0 bridgehead atoms. The maximum absolute atomic E-state index is 6.14.